The minimum atomic E-state index is -4.47. The van der Waals surface area contributed by atoms with Crippen LogP contribution in [0.2, 0.25) is 0 Å². The van der Waals surface area contributed by atoms with Gasteiger partial charge in [-0.25, -0.2) is 8.42 Å². The number of aromatic hydroxyl groups is 1. The molecule has 7 nitrogen and oxygen atoms in total. The minimum Gasteiger partial charge on any atom is -0.506 e. The van der Waals surface area contributed by atoms with Gasteiger partial charge in [-0.15, -0.1) is 11.8 Å². The molecule has 4 rings (SSSR count). The summed E-state index contributed by atoms with van der Waals surface area (Å²) >= 11 is 0.848. The highest BCUT2D eigenvalue weighted by Crippen LogP contribution is 2.40. The first-order valence-corrected chi connectivity index (χ1v) is 13.0. The third kappa shape index (κ3) is 6.09. The van der Waals surface area contributed by atoms with Crippen molar-refractivity contribution in [3.63, 3.8) is 0 Å². The van der Waals surface area contributed by atoms with Gasteiger partial charge in [-0.3, -0.25) is 9.52 Å². The fourth-order valence-electron chi connectivity index (χ4n) is 3.41. The lowest BCUT2D eigenvalue weighted by Gasteiger charge is -2.15. The van der Waals surface area contributed by atoms with Gasteiger partial charge in [-0.1, -0.05) is 24.3 Å². The number of hydrogen-bond donors (Lipinski definition) is 3. The number of rotatable bonds is 8. The quantitative estimate of drug-likeness (QED) is 0.174. The Kier molecular flexibility index (Phi) is 7.23. The van der Waals surface area contributed by atoms with E-state index in [1.54, 1.807) is 24.3 Å². The molecule has 0 saturated heterocycles. The van der Waals surface area contributed by atoms with Crippen molar-refractivity contribution >= 4 is 44.2 Å². The summed E-state index contributed by atoms with van der Waals surface area (Å²) in [6.07, 6.45) is -4.47. The second-order valence-electron chi connectivity index (χ2n) is 7.70. The van der Waals surface area contributed by atoms with E-state index in [0.29, 0.717) is 10.8 Å². The van der Waals surface area contributed by atoms with E-state index >= 15 is 0 Å². The number of thioether (sulfide) groups is 1. The smallest absolute Gasteiger partial charge is 0.416 e. The first-order chi connectivity index (χ1) is 17.4. The van der Waals surface area contributed by atoms with Crippen LogP contribution in [0.3, 0.4) is 0 Å². The zero-order chi connectivity index (χ0) is 26.8. The highest BCUT2D eigenvalue weighted by Gasteiger charge is 2.30. The number of hydrogen-bond acceptors (Lipinski definition) is 6. The molecule has 0 aliphatic carbocycles. The fraction of sp³-hybridized carbons (Fsp3) is 0.0800. The lowest BCUT2D eigenvalue weighted by molar-refractivity contribution is -0.137. The van der Waals surface area contributed by atoms with Crippen LogP contribution in [0.4, 0.5) is 18.9 Å². The van der Waals surface area contributed by atoms with Crippen LogP contribution in [-0.2, 0) is 21.0 Å². The Morgan fingerprint density at radius 1 is 0.919 bits per heavy atom. The van der Waals surface area contributed by atoms with Crippen molar-refractivity contribution in [2.24, 2.45) is 0 Å². The third-order valence-electron chi connectivity index (χ3n) is 5.13. The number of aliphatic carboxylic acids is 1. The third-order valence-corrected chi connectivity index (χ3v) is 7.52. The molecule has 12 heteroatoms. The molecule has 192 valence electrons. The van der Waals surface area contributed by atoms with Crippen LogP contribution < -0.4 is 9.46 Å². The normalized spacial score (nSPS) is 11.9. The van der Waals surface area contributed by atoms with Gasteiger partial charge in [0.1, 0.15) is 17.2 Å². The number of phenols is 1. The number of benzene rings is 4. The first kappa shape index (κ1) is 26.2. The molecule has 0 amide bonds. The number of nitrogens with one attached hydrogen (secondary N) is 1. The van der Waals surface area contributed by atoms with Gasteiger partial charge in [0.15, 0.2) is 0 Å². The molecule has 0 unspecified atom stereocenters. The number of anilines is 1. The van der Waals surface area contributed by atoms with Crippen LogP contribution in [0.5, 0.6) is 17.2 Å². The van der Waals surface area contributed by atoms with Crippen LogP contribution in [-0.4, -0.2) is 30.4 Å². The number of sulfonamides is 1. The molecular formula is C25H18F3NO6S2. The molecule has 0 aliphatic heterocycles. The molecule has 0 saturated carbocycles. The summed E-state index contributed by atoms with van der Waals surface area (Å²) < 4.78 is 72.3. The average molecular weight is 550 g/mol. The highest BCUT2D eigenvalue weighted by atomic mass is 32.2. The fourth-order valence-corrected chi connectivity index (χ4v) is 5.20. The number of phenolic OH excluding ortho intramolecular Hbond substituents is 1. The summed E-state index contributed by atoms with van der Waals surface area (Å²) in [5, 5.41) is 20.3. The molecule has 0 aliphatic rings. The molecule has 0 bridgehead atoms. The molecule has 3 N–H and O–H groups in total. The predicted octanol–water partition coefficient (Wildman–Crippen LogP) is 6.33. The molecule has 0 atom stereocenters. The molecule has 0 heterocycles. The van der Waals surface area contributed by atoms with E-state index < -0.39 is 27.7 Å². The van der Waals surface area contributed by atoms with Gasteiger partial charge in [-0.05, 0) is 54.6 Å². The number of carbonyl (C=O) groups is 1. The Balaban J connectivity index is 1.57. The molecule has 37 heavy (non-hydrogen) atoms. The SMILES string of the molecule is O=C(O)CSc1cc(NS(=O)(=O)c2ccc(Oc3ccc(C(F)(F)F)cc3)cc2)c2ccccc2c1O. The van der Waals surface area contributed by atoms with E-state index in [2.05, 4.69) is 4.72 Å². The lowest BCUT2D eigenvalue weighted by Crippen LogP contribution is -2.13. The van der Waals surface area contributed by atoms with Crippen molar-refractivity contribution in [3.8, 4) is 17.2 Å². The van der Waals surface area contributed by atoms with Crippen molar-refractivity contribution in [1.29, 1.82) is 0 Å². The van der Waals surface area contributed by atoms with Gasteiger partial charge in [0, 0.05) is 10.8 Å². The number of carboxylic acid groups (broad SMARTS) is 1. The molecular weight excluding hydrogens is 531 g/mol. The van der Waals surface area contributed by atoms with Crippen LogP contribution in [0.1, 0.15) is 5.56 Å². The van der Waals surface area contributed by atoms with E-state index in [-0.39, 0.29) is 38.5 Å². The van der Waals surface area contributed by atoms with Crippen LogP contribution >= 0.6 is 11.8 Å². The minimum absolute atomic E-state index is 0.121. The number of fused-ring (bicyclic) bond motifs is 1. The topological polar surface area (TPSA) is 113 Å². The van der Waals surface area contributed by atoms with E-state index in [1.807, 2.05) is 0 Å². The van der Waals surface area contributed by atoms with E-state index in [4.69, 9.17) is 9.84 Å². The van der Waals surface area contributed by atoms with Crippen molar-refractivity contribution < 1.29 is 41.3 Å². The Morgan fingerprint density at radius 2 is 1.49 bits per heavy atom. The number of ether oxygens (including phenoxy) is 1. The number of halogens is 3. The Labute approximate surface area is 213 Å². The number of carboxylic acids is 1. The zero-order valence-electron chi connectivity index (χ0n) is 18.7. The molecule has 0 radical (unpaired) electrons. The summed E-state index contributed by atoms with van der Waals surface area (Å²) in [6.45, 7) is 0. The van der Waals surface area contributed by atoms with Gasteiger partial charge in [-0.2, -0.15) is 13.2 Å². The summed E-state index contributed by atoms with van der Waals surface area (Å²) in [5.74, 6) is -1.24. The molecule has 0 fully saturated rings. The largest absolute Gasteiger partial charge is 0.506 e. The maximum absolute atomic E-state index is 13.1. The Hall–Kier alpha value is -3.90. The van der Waals surface area contributed by atoms with Gasteiger partial charge in [0.25, 0.3) is 10.0 Å². The molecule has 4 aromatic rings. The molecule has 0 spiro atoms. The van der Waals surface area contributed by atoms with Gasteiger partial charge in [0.05, 0.1) is 26.8 Å². The van der Waals surface area contributed by atoms with Gasteiger partial charge < -0.3 is 14.9 Å². The highest BCUT2D eigenvalue weighted by molar-refractivity contribution is 8.00. The lowest BCUT2D eigenvalue weighted by atomic mass is 10.1. The van der Waals surface area contributed by atoms with Crippen LogP contribution in [0.25, 0.3) is 10.8 Å². The van der Waals surface area contributed by atoms with Gasteiger partial charge in [0.2, 0.25) is 0 Å². The van der Waals surface area contributed by atoms with Crippen LogP contribution in [0.15, 0.2) is 88.7 Å². The summed E-state index contributed by atoms with van der Waals surface area (Å²) in [4.78, 5) is 11.0. The summed E-state index contributed by atoms with van der Waals surface area (Å²) in [7, 11) is -4.12. The summed E-state index contributed by atoms with van der Waals surface area (Å²) in [6, 6.07) is 17.2. The average Bonchev–Trinajstić information content (AvgIpc) is 2.85. The second-order valence-corrected chi connectivity index (χ2v) is 10.4. The van der Waals surface area contributed by atoms with Gasteiger partial charge >= 0.3 is 12.1 Å². The molecule has 4 aromatic carbocycles. The first-order valence-electron chi connectivity index (χ1n) is 10.5. The summed E-state index contributed by atoms with van der Waals surface area (Å²) in [5.41, 5.74) is -0.676. The second kappa shape index (κ2) is 10.2. The molecule has 0 aromatic heterocycles. The van der Waals surface area contributed by atoms with E-state index in [9.17, 15) is 31.5 Å². The van der Waals surface area contributed by atoms with E-state index in [1.165, 1.54) is 30.3 Å². The predicted molar refractivity (Wildman–Crippen MR) is 133 cm³/mol. The van der Waals surface area contributed by atoms with Crippen molar-refractivity contribution in [2.45, 2.75) is 16.0 Å². The van der Waals surface area contributed by atoms with Crippen molar-refractivity contribution in [1.82, 2.24) is 0 Å². The maximum Gasteiger partial charge on any atom is 0.416 e. The maximum atomic E-state index is 13.1. The van der Waals surface area contributed by atoms with Crippen molar-refractivity contribution in [3.05, 3.63) is 84.4 Å². The number of alkyl halides is 3. The Morgan fingerprint density at radius 3 is 2.05 bits per heavy atom. The van der Waals surface area contributed by atoms with Crippen molar-refractivity contribution in [2.75, 3.05) is 10.5 Å². The van der Waals surface area contributed by atoms with Crippen LogP contribution in [0, 0.1) is 0 Å². The zero-order valence-corrected chi connectivity index (χ0v) is 20.3. The monoisotopic (exact) mass is 549 g/mol. The van der Waals surface area contributed by atoms with E-state index in [0.717, 1.165) is 36.0 Å². The standard InChI is InChI=1S/C25H18F3NO6S2/c26-25(27,28)15-5-7-16(8-6-15)35-17-9-11-18(12-10-17)37(33,34)29-21-13-22(36-14-23(30)31)24(32)20-4-2-1-3-19(20)21/h1-13,29,32H,14H2,(H,30,31). The Bertz CT molecular complexity index is 1550.